The van der Waals surface area contributed by atoms with Crippen molar-refractivity contribution in [2.75, 3.05) is 5.32 Å². The summed E-state index contributed by atoms with van der Waals surface area (Å²) in [4.78, 5) is 12.0. The van der Waals surface area contributed by atoms with Crippen LogP contribution >= 0.6 is 27.5 Å². The number of nitrogens with zero attached hydrogens (tertiary/aromatic N) is 1. The Labute approximate surface area is 142 Å². The van der Waals surface area contributed by atoms with Crippen LogP contribution in [0.15, 0.2) is 58.1 Å². The van der Waals surface area contributed by atoms with E-state index in [1.54, 1.807) is 25.3 Å². The van der Waals surface area contributed by atoms with E-state index in [9.17, 15) is 4.79 Å². The predicted molar refractivity (Wildman–Crippen MR) is 94.4 cm³/mol. The summed E-state index contributed by atoms with van der Waals surface area (Å²) in [5, 5.41) is 7.66. The monoisotopic (exact) mass is 379 g/mol. The van der Waals surface area contributed by atoms with Gasteiger partial charge in [-0.2, -0.15) is 5.10 Å². The lowest BCUT2D eigenvalue weighted by molar-refractivity contribution is -0.121. The topological polar surface area (TPSA) is 53.5 Å². The van der Waals surface area contributed by atoms with Gasteiger partial charge < -0.3 is 5.32 Å². The van der Waals surface area contributed by atoms with Crippen LogP contribution < -0.4 is 10.7 Å². The Balaban J connectivity index is 1.89. The smallest absolute Gasteiger partial charge is 0.262 e. The number of rotatable bonds is 5. The standard InChI is InChI=1S/C16H15BrClN3O/c1-11(20-15-7-3-5-13(17)9-15)16(22)21-19-10-12-4-2-6-14(18)8-12/h2-11,20H,1H3,(H,21,22)/b19-10+. The van der Waals surface area contributed by atoms with Gasteiger partial charge in [0.05, 0.1) is 6.21 Å². The van der Waals surface area contributed by atoms with Gasteiger partial charge >= 0.3 is 0 Å². The molecule has 114 valence electrons. The Hall–Kier alpha value is -1.85. The minimum Gasteiger partial charge on any atom is -0.374 e. The lowest BCUT2D eigenvalue weighted by Gasteiger charge is -2.13. The van der Waals surface area contributed by atoms with Crippen molar-refractivity contribution in [3.05, 3.63) is 63.6 Å². The van der Waals surface area contributed by atoms with E-state index in [-0.39, 0.29) is 5.91 Å². The third kappa shape index (κ3) is 5.16. The molecule has 0 heterocycles. The number of nitrogens with one attached hydrogen (secondary N) is 2. The molecule has 0 radical (unpaired) electrons. The van der Waals surface area contributed by atoms with Crippen molar-refractivity contribution in [1.29, 1.82) is 0 Å². The summed E-state index contributed by atoms with van der Waals surface area (Å²) in [6.45, 7) is 1.77. The van der Waals surface area contributed by atoms with Crippen molar-refractivity contribution in [1.82, 2.24) is 5.43 Å². The van der Waals surface area contributed by atoms with Gasteiger partial charge in [-0.05, 0) is 42.8 Å². The van der Waals surface area contributed by atoms with Gasteiger partial charge in [-0.15, -0.1) is 0 Å². The predicted octanol–water partition coefficient (Wildman–Crippen LogP) is 4.05. The van der Waals surface area contributed by atoms with E-state index in [1.807, 2.05) is 36.4 Å². The summed E-state index contributed by atoms with van der Waals surface area (Å²) in [6, 6.07) is 14.4. The number of hydrogen-bond donors (Lipinski definition) is 2. The second-order valence-electron chi connectivity index (χ2n) is 4.67. The molecule has 1 atom stereocenters. The van der Waals surface area contributed by atoms with Crippen LogP contribution in [0.25, 0.3) is 0 Å². The summed E-state index contributed by atoms with van der Waals surface area (Å²) >= 11 is 9.26. The summed E-state index contributed by atoms with van der Waals surface area (Å²) in [5.74, 6) is -0.224. The highest BCUT2D eigenvalue weighted by atomic mass is 79.9. The molecule has 0 spiro atoms. The summed E-state index contributed by atoms with van der Waals surface area (Å²) in [7, 11) is 0. The first-order valence-electron chi connectivity index (χ1n) is 6.65. The quantitative estimate of drug-likeness (QED) is 0.607. The molecule has 2 rings (SSSR count). The molecule has 2 aromatic carbocycles. The van der Waals surface area contributed by atoms with Crippen LogP contribution in [0.5, 0.6) is 0 Å². The minimum atomic E-state index is -0.411. The Morgan fingerprint density at radius 3 is 2.77 bits per heavy atom. The fourth-order valence-corrected chi connectivity index (χ4v) is 2.35. The van der Waals surface area contributed by atoms with Crippen molar-refractivity contribution in [3.8, 4) is 0 Å². The van der Waals surface area contributed by atoms with Crippen LogP contribution in [-0.4, -0.2) is 18.2 Å². The van der Waals surface area contributed by atoms with Crippen LogP contribution in [0.2, 0.25) is 5.02 Å². The maximum atomic E-state index is 12.0. The fraction of sp³-hybridized carbons (Fsp3) is 0.125. The fourth-order valence-electron chi connectivity index (χ4n) is 1.75. The molecule has 0 aliphatic heterocycles. The van der Waals surface area contributed by atoms with Gasteiger partial charge in [0.15, 0.2) is 0 Å². The Morgan fingerprint density at radius 1 is 1.27 bits per heavy atom. The molecular weight excluding hydrogens is 366 g/mol. The molecule has 6 heteroatoms. The minimum absolute atomic E-state index is 0.224. The van der Waals surface area contributed by atoms with E-state index in [1.165, 1.54) is 0 Å². The molecule has 0 bridgehead atoms. The highest BCUT2D eigenvalue weighted by Crippen LogP contribution is 2.16. The van der Waals surface area contributed by atoms with Crippen molar-refractivity contribution < 1.29 is 4.79 Å². The van der Waals surface area contributed by atoms with Crippen molar-refractivity contribution in [2.45, 2.75) is 13.0 Å². The van der Waals surface area contributed by atoms with Crippen LogP contribution in [0.3, 0.4) is 0 Å². The third-order valence-corrected chi connectivity index (χ3v) is 3.57. The van der Waals surface area contributed by atoms with Gasteiger partial charge in [-0.3, -0.25) is 4.79 Å². The first kappa shape index (κ1) is 16.5. The largest absolute Gasteiger partial charge is 0.374 e. The molecule has 1 unspecified atom stereocenters. The molecule has 0 fully saturated rings. The average Bonchev–Trinajstić information content (AvgIpc) is 2.47. The lowest BCUT2D eigenvalue weighted by Crippen LogP contribution is -2.34. The second kappa shape index (κ2) is 7.96. The normalized spacial score (nSPS) is 12.1. The Morgan fingerprint density at radius 2 is 2.05 bits per heavy atom. The average molecular weight is 381 g/mol. The maximum absolute atomic E-state index is 12.0. The molecule has 0 saturated carbocycles. The lowest BCUT2D eigenvalue weighted by atomic mass is 10.2. The van der Waals surface area contributed by atoms with Crippen molar-refractivity contribution >= 4 is 45.3 Å². The number of hydrogen-bond acceptors (Lipinski definition) is 3. The van der Waals surface area contributed by atoms with Crippen LogP contribution in [0.4, 0.5) is 5.69 Å². The zero-order valence-electron chi connectivity index (χ0n) is 11.9. The second-order valence-corrected chi connectivity index (χ2v) is 6.02. The Bertz CT molecular complexity index is 691. The van der Waals surface area contributed by atoms with Gasteiger partial charge in [0.25, 0.3) is 5.91 Å². The van der Waals surface area contributed by atoms with E-state index in [2.05, 4.69) is 31.8 Å². The number of benzene rings is 2. The highest BCUT2D eigenvalue weighted by molar-refractivity contribution is 9.10. The zero-order valence-corrected chi connectivity index (χ0v) is 14.2. The molecule has 0 saturated heterocycles. The number of halogens is 2. The maximum Gasteiger partial charge on any atom is 0.262 e. The zero-order chi connectivity index (χ0) is 15.9. The van der Waals surface area contributed by atoms with Crippen molar-refractivity contribution in [2.24, 2.45) is 5.10 Å². The van der Waals surface area contributed by atoms with Crippen molar-refractivity contribution in [3.63, 3.8) is 0 Å². The number of hydrazone groups is 1. The van der Waals surface area contributed by atoms with E-state index >= 15 is 0 Å². The van der Waals surface area contributed by atoms with Gasteiger partial charge in [-0.25, -0.2) is 5.43 Å². The molecule has 0 aromatic heterocycles. The summed E-state index contributed by atoms with van der Waals surface area (Å²) in [6.07, 6.45) is 1.55. The number of amides is 1. The molecule has 1 amide bonds. The number of carbonyl (C=O) groups excluding carboxylic acids is 1. The van der Waals surface area contributed by atoms with Crippen LogP contribution in [0.1, 0.15) is 12.5 Å². The SMILES string of the molecule is CC(Nc1cccc(Br)c1)C(=O)N/N=C/c1cccc(Cl)c1. The first-order valence-corrected chi connectivity index (χ1v) is 7.82. The van der Waals surface area contributed by atoms with Gasteiger partial charge in [0, 0.05) is 15.2 Å². The molecule has 2 aromatic rings. The number of anilines is 1. The third-order valence-electron chi connectivity index (χ3n) is 2.84. The van der Waals surface area contributed by atoms with Gasteiger partial charge in [-0.1, -0.05) is 45.7 Å². The van der Waals surface area contributed by atoms with Gasteiger partial charge in [0.2, 0.25) is 0 Å². The van der Waals surface area contributed by atoms with Crippen LogP contribution in [-0.2, 0) is 4.79 Å². The van der Waals surface area contributed by atoms with Gasteiger partial charge in [0.1, 0.15) is 6.04 Å². The van der Waals surface area contributed by atoms with E-state index in [4.69, 9.17) is 11.6 Å². The van der Waals surface area contributed by atoms with E-state index in [0.29, 0.717) is 5.02 Å². The van der Waals surface area contributed by atoms with E-state index < -0.39 is 6.04 Å². The Kier molecular flexibility index (Phi) is 5.98. The summed E-state index contributed by atoms with van der Waals surface area (Å²) < 4.78 is 0.948. The highest BCUT2D eigenvalue weighted by Gasteiger charge is 2.11. The molecule has 0 aliphatic carbocycles. The first-order chi connectivity index (χ1) is 10.5. The molecular formula is C16H15BrClN3O. The number of carbonyl (C=O) groups is 1. The molecule has 2 N–H and O–H groups in total. The molecule has 4 nitrogen and oxygen atoms in total. The molecule has 0 aliphatic rings. The molecule has 22 heavy (non-hydrogen) atoms. The summed E-state index contributed by atoms with van der Waals surface area (Å²) in [5.41, 5.74) is 4.18. The van der Waals surface area contributed by atoms with E-state index in [0.717, 1.165) is 15.7 Å². The van der Waals surface area contributed by atoms with Crippen LogP contribution in [0, 0.1) is 0 Å².